The Bertz CT molecular complexity index is 922. The lowest BCUT2D eigenvalue weighted by molar-refractivity contribution is -0.144. The molecule has 1 saturated carbocycles. The first-order valence-electron chi connectivity index (χ1n) is 9.83. The molecular formula is C22H21F6NO. The molecule has 8 heteroatoms. The first-order chi connectivity index (χ1) is 14.0. The number of benzene rings is 1. The number of halogens is 6. The maximum atomic E-state index is 13.2. The molecule has 0 radical (unpaired) electrons. The van der Waals surface area contributed by atoms with Gasteiger partial charge in [-0.1, -0.05) is 41.1 Å². The Morgan fingerprint density at radius 1 is 1.03 bits per heavy atom. The number of hydrogen-bond acceptors (Lipinski definition) is 2. The topological polar surface area (TPSA) is 32.6 Å². The maximum absolute atomic E-state index is 13.2. The first kappa shape index (κ1) is 21.0. The average Bonchev–Trinajstić information content (AvgIpc) is 3.40. The lowest BCUT2D eigenvalue weighted by Gasteiger charge is -2.43. The Hall–Kier alpha value is -2.25. The van der Waals surface area contributed by atoms with Gasteiger partial charge >= 0.3 is 12.4 Å². The van der Waals surface area contributed by atoms with Crippen LogP contribution in [0.15, 0.2) is 47.2 Å². The molecule has 1 aromatic rings. The van der Waals surface area contributed by atoms with Crippen molar-refractivity contribution >= 4 is 5.71 Å². The number of fused-ring (bicyclic) bond motifs is 3. The average molecular weight is 429 g/mol. The molecule has 1 fully saturated rings. The van der Waals surface area contributed by atoms with Gasteiger partial charge in [0.15, 0.2) is 0 Å². The van der Waals surface area contributed by atoms with Crippen molar-refractivity contribution in [2.45, 2.75) is 56.3 Å². The van der Waals surface area contributed by atoms with Gasteiger partial charge in [-0.3, -0.25) is 0 Å². The van der Waals surface area contributed by atoms with E-state index in [2.05, 4.69) is 5.16 Å². The van der Waals surface area contributed by atoms with Gasteiger partial charge in [0.2, 0.25) is 0 Å². The fourth-order valence-corrected chi connectivity index (χ4v) is 5.35. The largest absolute Gasteiger partial charge is 0.411 e. The molecule has 2 nitrogen and oxygen atoms in total. The van der Waals surface area contributed by atoms with Crippen molar-refractivity contribution in [3.8, 4) is 0 Å². The molecule has 0 aromatic heterocycles. The standard InChI is InChI=1S/C22H21F6NO/c1-12(29-30)13-5-6-14-17(11-13)20(7-9-21(23,24)25,8-10-22(26,27)28)16-4-2-3-15-18(14)19(15)16/h2-6,11,15,18-19,30H,7-10H2,1H3/b29-12+. The Balaban J connectivity index is 1.89. The summed E-state index contributed by atoms with van der Waals surface area (Å²) in [5, 5.41) is 12.3. The van der Waals surface area contributed by atoms with Gasteiger partial charge in [-0.15, -0.1) is 0 Å². The minimum Gasteiger partial charge on any atom is -0.411 e. The van der Waals surface area contributed by atoms with E-state index in [9.17, 15) is 26.3 Å². The van der Waals surface area contributed by atoms with Crippen LogP contribution in [-0.2, 0) is 5.41 Å². The number of oxime groups is 1. The molecule has 0 amide bonds. The van der Waals surface area contributed by atoms with Crippen molar-refractivity contribution in [2.24, 2.45) is 17.0 Å². The van der Waals surface area contributed by atoms with Crippen molar-refractivity contribution in [3.05, 3.63) is 58.7 Å². The summed E-state index contributed by atoms with van der Waals surface area (Å²) in [7, 11) is 0. The van der Waals surface area contributed by atoms with Crippen LogP contribution in [0.4, 0.5) is 26.3 Å². The van der Waals surface area contributed by atoms with Crippen molar-refractivity contribution in [1.82, 2.24) is 0 Å². The molecule has 4 rings (SSSR count). The number of rotatable bonds is 5. The molecule has 3 unspecified atom stereocenters. The molecule has 0 bridgehead atoms. The van der Waals surface area contributed by atoms with Crippen LogP contribution in [0, 0.1) is 11.8 Å². The Labute approximate surface area is 170 Å². The molecule has 3 atom stereocenters. The van der Waals surface area contributed by atoms with Gasteiger partial charge in [0.05, 0.1) is 5.71 Å². The molecule has 0 heterocycles. The summed E-state index contributed by atoms with van der Waals surface area (Å²) in [5.41, 5.74) is 1.39. The Morgan fingerprint density at radius 2 is 1.67 bits per heavy atom. The second kappa shape index (κ2) is 6.89. The van der Waals surface area contributed by atoms with Crippen LogP contribution in [0.2, 0.25) is 0 Å². The monoisotopic (exact) mass is 429 g/mol. The summed E-state index contributed by atoms with van der Waals surface area (Å²) < 4.78 is 79.3. The van der Waals surface area contributed by atoms with Gasteiger partial charge in [0.25, 0.3) is 0 Å². The summed E-state index contributed by atoms with van der Waals surface area (Å²) in [6, 6.07) is 5.12. The van der Waals surface area contributed by atoms with Crippen molar-refractivity contribution in [2.75, 3.05) is 0 Å². The Kier molecular flexibility index (Phi) is 4.82. The van der Waals surface area contributed by atoms with E-state index >= 15 is 0 Å². The highest BCUT2D eigenvalue weighted by atomic mass is 19.4. The van der Waals surface area contributed by atoms with E-state index in [0.717, 1.165) is 5.56 Å². The second-order valence-corrected chi connectivity index (χ2v) is 8.44. The smallest absolute Gasteiger partial charge is 0.389 e. The van der Waals surface area contributed by atoms with Gasteiger partial charge in [0.1, 0.15) is 0 Å². The fraction of sp³-hybridized carbons (Fsp3) is 0.500. The summed E-state index contributed by atoms with van der Waals surface area (Å²) >= 11 is 0. The van der Waals surface area contributed by atoms with Crippen LogP contribution in [0.3, 0.4) is 0 Å². The molecule has 162 valence electrons. The number of hydrogen-bond donors (Lipinski definition) is 1. The third kappa shape index (κ3) is 3.54. The van der Waals surface area contributed by atoms with Crippen molar-refractivity contribution in [1.29, 1.82) is 0 Å². The van der Waals surface area contributed by atoms with E-state index in [0.29, 0.717) is 16.7 Å². The molecule has 30 heavy (non-hydrogen) atoms. The number of alkyl halides is 6. The summed E-state index contributed by atoms with van der Waals surface area (Å²) in [6.07, 6.45) is -6.68. The highest BCUT2D eigenvalue weighted by Gasteiger charge is 2.62. The second-order valence-electron chi connectivity index (χ2n) is 8.44. The van der Waals surface area contributed by atoms with Crippen molar-refractivity contribution < 1.29 is 31.5 Å². The predicted molar refractivity (Wildman–Crippen MR) is 99.6 cm³/mol. The third-order valence-electron chi connectivity index (χ3n) is 6.76. The molecule has 1 aromatic carbocycles. The van der Waals surface area contributed by atoms with E-state index in [4.69, 9.17) is 5.21 Å². The molecular weight excluding hydrogens is 408 g/mol. The van der Waals surface area contributed by atoms with E-state index in [1.54, 1.807) is 30.4 Å². The zero-order valence-electron chi connectivity index (χ0n) is 16.2. The van der Waals surface area contributed by atoms with E-state index in [-0.39, 0.29) is 23.5 Å². The molecule has 0 aliphatic heterocycles. The third-order valence-corrected chi connectivity index (χ3v) is 6.76. The first-order valence-corrected chi connectivity index (χ1v) is 9.83. The molecule has 3 aliphatic carbocycles. The Morgan fingerprint density at radius 3 is 2.23 bits per heavy atom. The zero-order chi connectivity index (χ0) is 21.9. The minimum atomic E-state index is -4.48. The summed E-state index contributed by atoms with van der Waals surface area (Å²) in [5.74, 6) is 0.151. The quantitative estimate of drug-likeness (QED) is 0.242. The van der Waals surface area contributed by atoms with Crippen LogP contribution in [-0.4, -0.2) is 23.3 Å². The van der Waals surface area contributed by atoms with Crippen LogP contribution in [0.25, 0.3) is 0 Å². The minimum absolute atomic E-state index is 0.0394. The summed E-state index contributed by atoms with van der Waals surface area (Å²) in [6.45, 7) is 1.54. The maximum Gasteiger partial charge on any atom is 0.389 e. The van der Waals surface area contributed by atoms with Gasteiger partial charge in [-0.05, 0) is 60.3 Å². The molecule has 3 aliphatic rings. The van der Waals surface area contributed by atoms with Gasteiger partial charge in [-0.25, -0.2) is 0 Å². The van der Waals surface area contributed by atoms with Crippen LogP contribution < -0.4 is 0 Å². The van der Waals surface area contributed by atoms with E-state index in [1.807, 2.05) is 6.08 Å². The molecule has 1 N–H and O–H groups in total. The predicted octanol–water partition coefficient (Wildman–Crippen LogP) is 6.65. The zero-order valence-corrected chi connectivity index (χ0v) is 16.2. The lowest BCUT2D eigenvalue weighted by atomic mass is 9.61. The highest BCUT2D eigenvalue weighted by Crippen LogP contribution is 2.70. The summed E-state index contributed by atoms with van der Waals surface area (Å²) in [4.78, 5) is 0. The van der Waals surface area contributed by atoms with E-state index in [1.165, 1.54) is 6.92 Å². The van der Waals surface area contributed by atoms with Crippen LogP contribution in [0.1, 0.15) is 55.2 Å². The fourth-order valence-electron chi connectivity index (χ4n) is 5.35. The van der Waals surface area contributed by atoms with Gasteiger partial charge in [0, 0.05) is 18.3 Å². The van der Waals surface area contributed by atoms with Crippen molar-refractivity contribution in [3.63, 3.8) is 0 Å². The number of nitrogens with zero attached hydrogens (tertiary/aromatic N) is 1. The SMILES string of the molecule is C/C(=N\O)c1ccc2c(c1)C(CCC(F)(F)F)(CCC(F)(F)F)C1=CC=CC3C1C23. The van der Waals surface area contributed by atoms with Gasteiger partial charge < -0.3 is 5.21 Å². The van der Waals surface area contributed by atoms with Crippen LogP contribution >= 0.6 is 0 Å². The number of allylic oxidation sites excluding steroid dienone is 4. The highest BCUT2D eigenvalue weighted by molar-refractivity contribution is 5.98. The van der Waals surface area contributed by atoms with E-state index < -0.39 is 43.5 Å². The van der Waals surface area contributed by atoms with Gasteiger partial charge in [-0.2, -0.15) is 26.3 Å². The molecule has 0 saturated heterocycles. The normalized spacial score (nSPS) is 26.7. The lowest BCUT2D eigenvalue weighted by Crippen LogP contribution is -2.37. The molecule has 0 spiro atoms. The van der Waals surface area contributed by atoms with Crippen LogP contribution in [0.5, 0.6) is 0 Å².